The maximum Gasteiger partial charge on any atom is 0.325 e. The molecule has 0 heterocycles. The number of rotatable bonds is 5. The number of carbonyl (C=O) groups is 1. The Labute approximate surface area is 151 Å². The summed E-state index contributed by atoms with van der Waals surface area (Å²) in [6.45, 7) is 2.00. The molecule has 1 aliphatic rings. The Morgan fingerprint density at radius 1 is 1.16 bits per heavy atom. The summed E-state index contributed by atoms with van der Waals surface area (Å²) in [6.07, 6.45) is 0.837. The predicted octanol–water partition coefficient (Wildman–Crippen LogP) is 2.62. The van der Waals surface area contributed by atoms with E-state index in [1.54, 1.807) is 12.1 Å². The van der Waals surface area contributed by atoms with E-state index in [0.29, 0.717) is 10.6 Å². The summed E-state index contributed by atoms with van der Waals surface area (Å²) < 4.78 is 25.9. The van der Waals surface area contributed by atoms with Crippen LogP contribution in [0.5, 0.6) is 0 Å². The summed E-state index contributed by atoms with van der Waals surface area (Å²) in [7, 11) is -3.91. The fourth-order valence-electron chi connectivity index (χ4n) is 3.25. The lowest BCUT2D eigenvalue weighted by molar-refractivity contribution is -0.139. The number of aryl methyl sites for hydroxylation is 1. The second-order valence-electron chi connectivity index (χ2n) is 6.23. The van der Waals surface area contributed by atoms with Crippen LogP contribution in [0.4, 0.5) is 0 Å². The standard InChI is InChI=1S/C18H18ClNO4S/c1-2-11-3-5-12(6-4-11)15-16(18(15,20)17(21)22)25(23,24)14-9-7-13(19)8-10-14/h3-10,15-16H,2,20H2,1H3,(H,21,22)/t15-,16+,18+/m1/s1. The Bertz CT molecular complexity index is 909. The summed E-state index contributed by atoms with van der Waals surface area (Å²) in [5.41, 5.74) is 5.89. The molecular weight excluding hydrogens is 362 g/mol. The molecule has 3 N–H and O–H groups in total. The van der Waals surface area contributed by atoms with E-state index in [4.69, 9.17) is 17.3 Å². The molecule has 0 amide bonds. The molecule has 7 heteroatoms. The van der Waals surface area contributed by atoms with Crippen LogP contribution in [0.3, 0.4) is 0 Å². The highest BCUT2D eigenvalue weighted by molar-refractivity contribution is 7.92. The van der Waals surface area contributed by atoms with Crippen molar-refractivity contribution in [2.45, 2.75) is 34.9 Å². The normalized spacial score (nSPS) is 25.6. The van der Waals surface area contributed by atoms with Gasteiger partial charge in [0.1, 0.15) is 10.8 Å². The number of carboxylic acids is 1. The molecule has 0 unspecified atom stereocenters. The second-order valence-corrected chi connectivity index (χ2v) is 8.74. The minimum Gasteiger partial charge on any atom is -0.480 e. The van der Waals surface area contributed by atoms with Crippen LogP contribution in [-0.2, 0) is 21.1 Å². The molecule has 3 atom stereocenters. The molecule has 0 bridgehead atoms. The maximum absolute atomic E-state index is 12.9. The molecular formula is C18H18ClNO4S. The molecule has 0 aliphatic heterocycles. The summed E-state index contributed by atoms with van der Waals surface area (Å²) in [4.78, 5) is 11.7. The van der Waals surface area contributed by atoms with Crippen molar-refractivity contribution >= 4 is 27.4 Å². The molecule has 1 fully saturated rings. The highest BCUT2D eigenvalue weighted by Crippen LogP contribution is 2.55. The SMILES string of the molecule is CCc1ccc([C@@H]2[C@H](S(=O)(=O)c3ccc(Cl)cc3)[C@]2(N)C(=O)O)cc1. The molecule has 132 valence electrons. The Morgan fingerprint density at radius 2 is 1.72 bits per heavy atom. The number of nitrogens with two attached hydrogens (primary N) is 1. The van der Waals surface area contributed by atoms with Crippen LogP contribution >= 0.6 is 11.6 Å². The highest BCUT2D eigenvalue weighted by Gasteiger charge is 2.74. The molecule has 0 saturated heterocycles. The number of halogens is 1. The van der Waals surface area contributed by atoms with Crippen molar-refractivity contribution in [1.82, 2.24) is 0 Å². The monoisotopic (exact) mass is 379 g/mol. The molecule has 5 nitrogen and oxygen atoms in total. The van der Waals surface area contributed by atoms with Gasteiger partial charge in [-0.2, -0.15) is 0 Å². The third-order valence-electron chi connectivity index (χ3n) is 4.77. The zero-order valence-corrected chi connectivity index (χ0v) is 15.1. The lowest BCUT2D eigenvalue weighted by Gasteiger charge is -2.07. The van der Waals surface area contributed by atoms with Crippen LogP contribution in [0.15, 0.2) is 53.4 Å². The van der Waals surface area contributed by atoms with Gasteiger partial charge in [-0.3, -0.25) is 4.79 Å². The zero-order chi connectivity index (χ0) is 18.4. The van der Waals surface area contributed by atoms with E-state index in [-0.39, 0.29) is 4.90 Å². The third kappa shape index (κ3) is 2.84. The number of hydrogen-bond acceptors (Lipinski definition) is 4. The Morgan fingerprint density at radius 3 is 2.20 bits per heavy atom. The third-order valence-corrected chi connectivity index (χ3v) is 7.29. The minimum atomic E-state index is -3.91. The quantitative estimate of drug-likeness (QED) is 0.832. The molecule has 3 rings (SSSR count). The smallest absolute Gasteiger partial charge is 0.325 e. The summed E-state index contributed by atoms with van der Waals surface area (Å²) in [5.74, 6) is -2.11. The van der Waals surface area contributed by atoms with Crippen LogP contribution in [0.2, 0.25) is 5.02 Å². The topological polar surface area (TPSA) is 97.5 Å². The molecule has 0 aromatic heterocycles. The van der Waals surface area contributed by atoms with Gasteiger partial charge in [0.05, 0.1) is 4.90 Å². The van der Waals surface area contributed by atoms with Gasteiger partial charge in [0.2, 0.25) is 0 Å². The van der Waals surface area contributed by atoms with Crippen LogP contribution in [0.25, 0.3) is 0 Å². The first-order valence-corrected chi connectivity index (χ1v) is 9.76. The van der Waals surface area contributed by atoms with Crippen LogP contribution in [0, 0.1) is 0 Å². The van der Waals surface area contributed by atoms with Crippen LogP contribution in [0.1, 0.15) is 24.0 Å². The zero-order valence-electron chi connectivity index (χ0n) is 13.5. The van der Waals surface area contributed by atoms with E-state index in [2.05, 4.69) is 0 Å². The van der Waals surface area contributed by atoms with Gasteiger partial charge in [-0.15, -0.1) is 0 Å². The molecule has 2 aromatic carbocycles. The molecule has 0 spiro atoms. The summed E-state index contributed by atoms with van der Waals surface area (Å²) in [6, 6.07) is 12.9. The minimum absolute atomic E-state index is 0.0191. The summed E-state index contributed by atoms with van der Waals surface area (Å²) >= 11 is 5.80. The Hall–Kier alpha value is -1.89. The Kier molecular flexibility index (Phi) is 4.39. The molecule has 0 radical (unpaired) electrons. The van der Waals surface area contributed by atoms with E-state index in [1.807, 2.05) is 19.1 Å². The first kappa shape index (κ1) is 17.9. The molecule has 1 aliphatic carbocycles. The molecule has 25 heavy (non-hydrogen) atoms. The lowest BCUT2D eigenvalue weighted by atomic mass is 10.0. The van der Waals surface area contributed by atoms with E-state index in [1.165, 1.54) is 24.3 Å². The van der Waals surface area contributed by atoms with Crippen molar-refractivity contribution in [3.05, 3.63) is 64.7 Å². The Balaban J connectivity index is 2.03. The van der Waals surface area contributed by atoms with E-state index < -0.39 is 32.5 Å². The van der Waals surface area contributed by atoms with Gasteiger partial charge >= 0.3 is 5.97 Å². The van der Waals surface area contributed by atoms with Crippen LogP contribution in [-0.4, -0.2) is 30.3 Å². The van der Waals surface area contributed by atoms with Crippen molar-refractivity contribution in [3.8, 4) is 0 Å². The average Bonchev–Trinajstić information content (AvgIpc) is 3.24. The lowest BCUT2D eigenvalue weighted by Crippen LogP contribution is -2.39. The van der Waals surface area contributed by atoms with Crippen molar-refractivity contribution in [2.24, 2.45) is 5.73 Å². The van der Waals surface area contributed by atoms with Gasteiger partial charge < -0.3 is 10.8 Å². The summed E-state index contributed by atoms with van der Waals surface area (Å²) in [5, 5.41) is 8.74. The van der Waals surface area contributed by atoms with Gasteiger partial charge in [-0.05, 0) is 41.8 Å². The van der Waals surface area contributed by atoms with Gasteiger partial charge in [0.15, 0.2) is 9.84 Å². The first-order valence-electron chi connectivity index (χ1n) is 7.83. The fraction of sp³-hybridized carbons (Fsp3) is 0.278. The number of hydrogen-bond donors (Lipinski definition) is 2. The first-order chi connectivity index (χ1) is 11.7. The number of sulfone groups is 1. The van der Waals surface area contributed by atoms with Crippen LogP contribution < -0.4 is 5.73 Å². The second kappa shape index (κ2) is 6.12. The average molecular weight is 380 g/mol. The van der Waals surface area contributed by atoms with Crippen molar-refractivity contribution in [3.63, 3.8) is 0 Å². The van der Waals surface area contributed by atoms with Gasteiger partial charge in [-0.1, -0.05) is 42.8 Å². The molecule has 2 aromatic rings. The number of aliphatic carboxylic acids is 1. The highest BCUT2D eigenvalue weighted by atomic mass is 35.5. The van der Waals surface area contributed by atoms with E-state index in [9.17, 15) is 18.3 Å². The number of benzene rings is 2. The van der Waals surface area contributed by atoms with Gasteiger partial charge in [0, 0.05) is 10.9 Å². The molecule has 1 saturated carbocycles. The van der Waals surface area contributed by atoms with E-state index in [0.717, 1.165) is 12.0 Å². The van der Waals surface area contributed by atoms with Gasteiger partial charge in [0.25, 0.3) is 0 Å². The largest absolute Gasteiger partial charge is 0.480 e. The maximum atomic E-state index is 12.9. The van der Waals surface area contributed by atoms with Crippen molar-refractivity contribution < 1.29 is 18.3 Å². The van der Waals surface area contributed by atoms with E-state index >= 15 is 0 Å². The number of carboxylic acid groups (broad SMARTS) is 1. The predicted molar refractivity (Wildman–Crippen MR) is 95.5 cm³/mol. The van der Waals surface area contributed by atoms with Crippen molar-refractivity contribution in [2.75, 3.05) is 0 Å². The fourth-order valence-corrected chi connectivity index (χ4v) is 5.60. The van der Waals surface area contributed by atoms with Gasteiger partial charge in [-0.25, -0.2) is 8.42 Å². The van der Waals surface area contributed by atoms with Crippen molar-refractivity contribution in [1.29, 1.82) is 0 Å².